The molecular formula is C12H6Cl2F4N2. The highest BCUT2D eigenvalue weighted by Gasteiger charge is 2.31. The van der Waals surface area contributed by atoms with Crippen LogP contribution in [0.1, 0.15) is 5.56 Å². The lowest BCUT2D eigenvalue weighted by Crippen LogP contribution is -2.06. The van der Waals surface area contributed by atoms with Crippen molar-refractivity contribution in [3.63, 3.8) is 0 Å². The third-order valence-corrected chi connectivity index (χ3v) is 2.72. The predicted octanol–water partition coefficient (Wildman–Crippen LogP) is 5.29. The Hall–Kier alpha value is -1.53. The molecule has 0 atom stereocenters. The molecule has 2 aromatic rings. The minimum Gasteiger partial charge on any atom is -0.338 e. The average Bonchev–Trinajstić information content (AvgIpc) is 2.31. The molecule has 1 aromatic carbocycles. The summed E-state index contributed by atoms with van der Waals surface area (Å²) in [6, 6.07) is 3.80. The summed E-state index contributed by atoms with van der Waals surface area (Å²) in [7, 11) is 0. The Morgan fingerprint density at radius 1 is 1.00 bits per heavy atom. The van der Waals surface area contributed by atoms with Crippen LogP contribution in [-0.4, -0.2) is 4.98 Å². The molecule has 0 aliphatic rings. The van der Waals surface area contributed by atoms with E-state index in [1.165, 1.54) is 12.3 Å². The SMILES string of the molecule is Fc1cc(Cl)cnc1Nc1cc(Cl)cc(C(F)(F)F)c1. The first kappa shape index (κ1) is 14.9. The van der Waals surface area contributed by atoms with Crippen molar-refractivity contribution in [1.29, 1.82) is 0 Å². The summed E-state index contributed by atoms with van der Waals surface area (Å²) in [6.45, 7) is 0. The number of hydrogen-bond donors (Lipinski definition) is 1. The van der Waals surface area contributed by atoms with E-state index in [4.69, 9.17) is 23.2 Å². The topological polar surface area (TPSA) is 24.9 Å². The van der Waals surface area contributed by atoms with Crippen molar-refractivity contribution in [2.75, 3.05) is 5.32 Å². The molecule has 0 aliphatic carbocycles. The smallest absolute Gasteiger partial charge is 0.338 e. The highest BCUT2D eigenvalue weighted by atomic mass is 35.5. The zero-order valence-corrected chi connectivity index (χ0v) is 11.1. The Bertz CT molecular complexity index is 644. The van der Waals surface area contributed by atoms with Gasteiger partial charge in [-0.3, -0.25) is 0 Å². The second kappa shape index (κ2) is 5.46. The number of nitrogens with one attached hydrogen (secondary N) is 1. The van der Waals surface area contributed by atoms with E-state index in [2.05, 4.69) is 10.3 Å². The van der Waals surface area contributed by atoms with Gasteiger partial charge >= 0.3 is 6.18 Å². The van der Waals surface area contributed by atoms with Crippen LogP contribution in [0, 0.1) is 5.82 Å². The first-order valence-electron chi connectivity index (χ1n) is 5.21. The Labute approximate surface area is 121 Å². The second-order valence-electron chi connectivity index (χ2n) is 3.84. The van der Waals surface area contributed by atoms with Crippen LogP contribution in [0.2, 0.25) is 10.0 Å². The molecule has 0 bridgehead atoms. The van der Waals surface area contributed by atoms with Crippen molar-refractivity contribution in [3.8, 4) is 0 Å². The number of aromatic nitrogens is 1. The van der Waals surface area contributed by atoms with Crippen LogP contribution < -0.4 is 5.32 Å². The summed E-state index contributed by atoms with van der Waals surface area (Å²) < 4.78 is 51.4. The molecule has 0 fully saturated rings. The van der Waals surface area contributed by atoms with Crippen molar-refractivity contribution < 1.29 is 17.6 Å². The van der Waals surface area contributed by atoms with Gasteiger partial charge in [-0.25, -0.2) is 9.37 Å². The van der Waals surface area contributed by atoms with Crippen molar-refractivity contribution in [2.45, 2.75) is 6.18 Å². The number of nitrogens with zero attached hydrogens (tertiary/aromatic N) is 1. The Morgan fingerprint density at radius 2 is 1.70 bits per heavy atom. The predicted molar refractivity (Wildman–Crippen MR) is 68.9 cm³/mol. The summed E-state index contributed by atoms with van der Waals surface area (Å²) >= 11 is 11.1. The van der Waals surface area contributed by atoms with E-state index in [1.54, 1.807) is 0 Å². The molecule has 1 heterocycles. The van der Waals surface area contributed by atoms with Gasteiger partial charge in [0.05, 0.1) is 10.6 Å². The molecule has 0 saturated heterocycles. The highest BCUT2D eigenvalue weighted by molar-refractivity contribution is 6.31. The fraction of sp³-hybridized carbons (Fsp3) is 0.0833. The molecule has 20 heavy (non-hydrogen) atoms. The molecule has 0 radical (unpaired) electrons. The molecule has 1 N–H and O–H groups in total. The number of rotatable bonds is 2. The number of benzene rings is 1. The summed E-state index contributed by atoms with van der Waals surface area (Å²) in [5.41, 5.74) is -0.972. The third kappa shape index (κ3) is 3.52. The van der Waals surface area contributed by atoms with Crippen molar-refractivity contribution in [2.24, 2.45) is 0 Å². The van der Waals surface area contributed by atoms with Crippen LogP contribution in [-0.2, 0) is 6.18 Å². The minimum absolute atomic E-state index is 0.0291. The number of anilines is 2. The van der Waals surface area contributed by atoms with Gasteiger partial charge in [-0.1, -0.05) is 23.2 Å². The summed E-state index contributed by atoms with van der Waals surface area (Å²) in [4.78, 5) is 3.65. The fourth-order valence-electron chi connectivity index (χ4n) is 1.47. The quantitative estimate of drug-likeness (QED) is 0.759. The first-order chi connectivity index (χ1) is 9.25. The first-order valence-corrected chi connectivity index (χ1v) is 5.97. The molecule has 0 amide bonds. The third-order valence-electron chi connectivity index (χ3n) is 2.30. The van der Waals surface area contributed by atoms with Crippen molar-refractivity contribution >= 4 is 34.7 Å². The lowest BCUT2D eigenvalue weighted by atomic mass is 10.2. The lowest BCUT2D eigenvalue weighted by Gasteiger charge is -2.11. The molecule has 0 spiro atoms. The van der Waals surface area contributed by atoms with Crippen LogP contribution in [0.4, 0.5) is 29.1 Å². The maximum atomic E-state index is 13.5. The van der Waals surface area contributed by atoms with Gasteiger partial charge in [-0.2, -0.15) is 13.2 Å². The van der Waals surface area contributed by atoms with Crippen LogP contribution in [0.5, 0.6) is 0 Å². The minimum atomic E-state index is -4.55. The second-order valence-corrected chi connectivity index (χ2v) is 4.71. The number of halogens is 6. The normalized spacial score (nSPS) is 11.5. The van der Waals surface area contributed by atoms with E-state index in [0.717, 1.165) is 18.2 Å². The molecule has 1 aromatic heterocycles. The van der Waals surface area contributed by atoms with Gasteiger partial charge in [0.1, 0.15) is 0 Å². The van der Waals surface area contributed by atoms with Gasteiger partial charge in [0.15, 0.2) is 11.6 Å². The van der Waals surface area contributed by atoms with Gasteiger partial charge in [-0.15, -0.1) is 0 Å². The van der Waals surface area contributed by atoms with E-state index in [9.17, 15) is 17.6 Å². The Balaban J connectivity index is 2.36. The molecule has 106 valence electrons. The molecule has 0 unspecified atom stereocenters. The van der Waals surface area contributed by atoms with Gasteiger partial charge < -0.3 is 5.32 Å². The summed E-state index contributed by atoms with van der Waals surface area (Å²) in [5, 5.41) is 2.37. The van der Waals surface area contributed by atoms with E-state index in [0.29, 0.717) is 0 Å². The molecular weight excluding hydrogens is 319 g/mol. The van der Waals surface area contributed by atoms with Gasteiger partial charge in [0.25, 0.3) is 0 Å². The average molecular weight is 325 g/mol. The molecule has 0 saturated carbocycles. The zero-order chi connectivity index (χ0) is 14.9. The van der Waals surface area contributed by atoms with Crippen LogP contribution in [0.25, 0.3) is 0 Å². The molecule has 0 aliphatic heterocycles. The number of alkyl halides is 3. The number of pyridine rings is 1. The van der Waals surface area contributed by atoms with Crippen molar-refractivity contribution in [1.82, 2.24) is 4.98 Å². The lowest BCUT2D eigenvalue weighted by molar-refractivity contribution is -0.137. The van der Waals surface area contributed by atoms with Crippen LogP contribution in [0.15, 0.2) is 30.5 Å². The maximum Gasteiger partial charge on any atom is 0.416 e. The largest absolute Gasteiger partial charge is 0.416 e. The van der Waals surface area contributed by atoms with E-state index >= 15 is 0 Å². The van der Waals surface area contributed by atoms with E-state index in [1.807, 2.05) is 0 Å². The Morgan fingerprint density at radius 3 is 2.30 bits per heavy atom. The highest BCUT2D eigenvalue weighted by Crippen LogP contribution is 2.34. The van der Waals surface area contributed by atoms with Crippen LogP contribution in [0.3, 0.4) is 0 Å². The van der Waals surface area contributed by atoms with Gasteiger partial charge in [0, 0.05) is 16.9 Å². The Kier molecular flexibility index (Phi) is 4.06. The van der Waals surface area contributed by atoms with E-state index < -0.39 is 17.6 Å². The molecule has 2 nitrogen and oxygen atoms in total. The van der Waals surface area contributed by atoms with Crippen molar-refractivity contribution in [3.05, 3.63) is 51.9 Å². The standard InChI is InChI=1S/C12H6Cl2F4N2/c13-7-1-6(12(16,17)18)2-9(3-7)20-11-10(15)4-8(14)5-19-11/h1-5H,(H,19,20). The summed E-state index contributed by atoms with van der Waals surface area (Å²) in [6.07, 6.45) is -3.38. The monoisotopic (exact) mass is 324 g/mol. The zero-order valence-electron chi connectivity index (χ0n) is 9.60. The number of hydrogen-bond acceptors (Lipinski definition) is 2. The molecule has 8 heteroatoms. The van der Waals surface area contributed by atoms with Gasteiger partial charge in [-0.05, 0) is 24.3 Å². The van der Waals surface area contributed by atoms with E-state index in [-0.39, 0.29) is 21.6 Å². The van der Waals surface area contributed by atoms with Gasteiger partial charge in [0.2, 0.25) is 0 Å². The van der Waals surface area contributed by atoms with Crippen LogP contribution >= 0.6 is 23.2 Å². The fourth-order valence-corrected chi connectivity index (χ4v) is 1.85. The molecule has 2 rings (SSSR count). The maximum absolute atomic E-state index is 13.5. The summed E-state index contributed by atoms with van der Waals surface area (Å²) in [5.74, 6) is -1.03.